The molecule has 0 aliphatic carbocycles. The van der Waals surface area contributed by atoms with Crippen LogP contribution < -0.4 is 4.74 Å². The SMILES string of the molecule is CN1CCC2(CC1)CN(C(=O)c1cccc(OC(F)(F)F)c1)CCO2. The van der Waals surface area contributed by atoms with Crippen molar-refractivity contribution >= 4 is 5.91 Å². The number of alkyl halides is 3. The average Bonchev–Trinajstić information content (AvgIpc) is 2.56. The fourth-order valence-electron chi connectivity index (χ4n) is 3.36. The molecule has 2 aliphatic rings. The van der Waals surface area contributed by atoms with Crippen LogP contribution in [-0.4, -0.2) is 67.5 Å². The van der Waals surface area contributed by atoms with Gasteiger partial charge >= 0.3 is 6.36 Å². The number of rotatable bonds is 2. The molecule has 0 bridgehead atoms. The number of nitrogens with zero attached hydrogens (tertiary/aromatic N) is 2. The number of halogens is 3. The van der Waals surface area contributed by atoms with Crippen LogP contribution in [0.15, 0.2) is 24.3 Å². The monoisotopic (exact) mass is 358 g/mol. The van der Waals surface area contributed by atoms with Crippen molar-refractivity contribution in [3.05, 3.63) is 29.8 Å². The highest BCUT2D eigenvalue weighted by Gasteiger charge is 2.40. The van der Waals surface area contributed by atoms with Crippen LogP contribution in [0, 0.1) is 0 Å². The first-order chi connectivity index (χ1) is 11.8. The van der Waals surface area contributed by atoms with E-state index in [1.165, 1.54) is 18.2 Å². The summed E-state index contributed by atoms with van der Waals surface area (Å²) >= 11 is 0. The second kappa shape index (κ2) is 6.84. The van der Waals surface area contributed by atoms with Crippen molar-refractivity contribution in [3.63, 3.8) is 0 Å². The predicted octanol–water partition coefficient (Wildman–Crippen LogP) is 2.52. The van der Waals surface area contributed by atoms with Crippen LogP contribution >= 0.6 is 0 Å². The van der Waals surface area contributed by atoms with Gasteiger partial charge < -0.3 is 19.3 Å². The quantitative estimate of drug-likeness (QED) is 0.815. The van der Waals surface area contributed by atoms with Gasteiger partial charge in [-0.05, 0) is 38.1 Å². The molecule has 2 saturated heterocycles. The summed E-state index contributed by atoms with van der Waals surface area (Å²) in [6.07, 6.45) is -3.10. The number of benzene rings is 1. The van der Waals surface area contributed by atoms with Gasteiger partial charge in [-0.1, -0.05) is 6.07 Å². The van der Waals surface area contributed by atoms with E-state index in [0.29, 0.717) is 19.7 Å². The van der Waals surface area contributed by atoms with Crippen LogP contribution in [0.25, 0.3) is 0 Å². The Balaban J connectivity index is 1.71. The fraction of sp³-hybridized carbons (Fsp3) is 0.588. The van der Waals surface area contributed by atoms with Gasteiger partial charge in [0.05, 0.1) is 18.8 Å². The Morgan fingerprint density at radius 1 is 1.24 bits per heavy atom. The summed E-state index contributed by atoms with van der Waals surface area (Å²) in [5.41, 5.74) is -0.160. The lowest BCUT2D eigenvalue weighted by atomic mass is 9.89. The summed E-state index contributed by atoms with van der Waals surface area (Å²) in [4.78, 5) is 16.6. The van der Waals surface area contributed by atoms with E-state index >= 15 is 0 Å². The summed E-state index contributed by atoms with van der Waals surface area (Å²) in [6, 6.07) is 5.21. The van der Waals surface area contributed by atoms with Gasteiger partial charge in [0.2, 0.25) is 0 Å². The van der Waals surface area contributed by atoms with E-state index in [9.17, 15) is 18.0 Å². The lowest BCUT2D eigenvalue weighted by Crippen LogP contribution is -2.57. The molecule has 138 valence electrons. The van der Waals surface area contributed by atoms with Crippen molar-refractivity contribution in [1.82, 2.24) is 9.80 Å². The molecule has 1 aromatic carbocycles. The predicted molar refractivity (Wildman–Crippen MR) is 84.4 cm³/mol. The van der Waals surface area contributed by atoms with Gasteiger partial charge in [0.25, 0.3) is 5.91 Å². The molecule has 5 nitrogen and oxygen atoms in total. The lowest BCUT2D eigenvalue weighted by molar-refractivity contribution is -0.274. The molecule has 2 aliphatic heterocycles. The van der Waals surface area contributed by atoms with Crippen molar-refractivity contribution in [3.8, 4) is 5.75 Å². The molecule has 2 heterocycles. The van der Waals surface area contributed by atoms with Gasteiger partial charge in [-0.2, -0.15) is 0 Å². The second-order valence-corrected chi connectivity index (χ2v) is 6.64. The van der Waals surface area contributed by atoms with Crippen LogP contribution in [0.4, 0.5) is 13.2 Å². The Morgan fingerprint density at radius 2 is 1.96 bits per heavy atom. The van der Waals surface area contributed by atoms with E-state index in [4.69, 9.17) is 4.74 Å². The molecule has 0 N–H and O–H groups in total. The summed E-state index contributed by atoms with van der Waals surface area (Å²) < 4.78 is 47.0. The van der Waals surface area contributed by atoms with Crippen LogP contribution in [0.2, 0.25) is 0 Å². The van der Waals surface area contributed by atoms with E-state index in [-0.39, 0.29) is 22.8 Å². The largest absolute Gasteiger partial charge is 0.573 e. The number of hydrogen-bond acceptors (Lipinski definition) is 4. The van der Waals surface area contributed by atoms with E-state index in [1.54, 1.807) is 4.90 Å². The molecular formula is C17H21F3N2O3. The van der Waals surface area contributed by atoms with E-state index < -0.39 is 6.36 Å². The summed E-state index contributed by atoms with van der Waals surface area (Å²) in [5.74, 6) is -0.685. The maximum absolute atomic E-state index is 12.7. The molecule has 1 aromatic rings. The highest BCUT2D eigenvalue weighted by Crippen LogP contribution is 2.31. The Hall–Kier alpha value is -1.80. The Bertz CT molecular complexity index is 628. The topological polar surface area (TPSA) is 42.0 Å². The molecular weight excluding hydrogens is 337 g/mol. The smallest absolute Gasteiger partial charge is 0.406 e. The summed E-state index contributed by atoms with van der Waals surface area (Å²) in [7, 11) is 2.05. The third-order valence-corrected chi connectivity index (χ3v) is 4.75. The molecule has 25 heavy (non-hydrogen) atoms. The van der Waals surface area contributed by atoms with Gasteiger partial charge in [0, 0.05) is 25.2 Å². The Morgan fingerprint density at radius 3 is 2.64 bits per heavy atom. The molecule has 0 atom stereocenters. The van der Waals surface area contributed by atoms with E-state index in [2.05, 4.69) is 9.64 Å². The van der Waals surface area contributed by atoms with Gasteiger partial charge in [-0.25, -0.2) is 0 Å². The molecule has 1 amide bonds. The second-order valence-electron chi connectivity index (χ2n) is 6.64. The maximum atomic E-state index is 12.7. The van der Waals surface area contributed by atoms with Crippen LogP contribution in [0.3, 0.4) is 0 Å². The van der Waals surface area contributed by atoms with Crippen molar-refractivity contribution in [2.45, 2.75) is 24.8 Å². The first-order valence-electron chi connectivity index (χ1n) is 8.24. The fourth-order valence-corrected chi connectivity index (χ4v) is 3.36. The average molecular weight is 358 g/mol. The number of piperidine rings is 1. The van der Waals surface area contributed by atoms with Crippen molar-refractivity contribution in [1.29, 1.82) is 0 Å². The normalized spacial score (nSPS) is 21.4. The molecule has 0 aromatic heterocycles. The van der Waals surface area contributed by atoms with Gasteiger partial charge in [-0.15, -0.1) is 13.2 Å². The standard InChI is InChI=1S/C17H21F3N2O3/c1-21-7-5-16(6-8-21)12-22(9-10-24-16)15(23)13-3-2-4-14(11-13)25-17(18,19)20/h2-4,11H,5-10,12H2,1H3. The zero-order valence-electron chi connectivity index (χ0n) is 14.0. The first-order valence-corrected chi connectivity index (χ1v) is 8.24. The minimum atomic E-state index is -4.78. The Kier molecular flexibility index (Phi) is 4.92. The minimum Gasteiger partial charge on any atom is -0.406 e. The summed E-state index contributed by atoms with van der Waals surface area (Å²) in [6.45, 7) is 3.13. The third-order valence-electron chi connectivity index (χ3n) is 4.75. The number of morpholine rings is 1. The third kappa shape index (κ3) is 4.43. The number of likely N-dealkylation sites (tertiary alicyclic amines) is 1. The zero-order valence-corrected chi connectivity index (χ0v) is 14.0. The molecule has 2 fully saturated rings. The van der Waals surface area contributed by atoms with Gasteiger partial charge in [0.15, 0.2) is 0 Å². The number of amides is 1. The first kappa shape index (κ1) is 18.0. The van der Waals surface area contributed by atoms with E-state index in [0.717, 1.165) is 32.0 Å². The summed E-state index contributed by atoms with van der Waals surface area (Å²) in [5, 5.41) is 0. The van der Waals surface area contributed by atoms with Gasteiger partial charge in [-0.3, -0.25) is 4.79 Å². The lowest BCUT2D eigenvalue weighted by Gasteiger charge is -2.46. The number of carbonyl (C=O) groups is 1. The molecule has 3 rings (SSSR count). The Labute approximate surface area is 144 Å². The van der Waals surface area contributed by atoms with Crippen LogP contribution in [0.1, 0.15) is 23.2 Å². The molecule has 0 saturated carbocycles. The van der Waals surface area contributed by atoms with Crippen LogP contribution in [-0.2, 0) is 4.74 Å². The number of hydrogen-bond donors (Lipinski definition) is 0. The molecule has 0 unspecified atom stereocenters. The van der Waals surface area contributed by atoms with Crippen LogP contribution in [0.5, 0.6) is 5.75 Å². The van der Waals surface area contributed by atoms with Gasteiger partial charge in [0.1, 0.15) is 5.75 Å². The highest BCUT2D eigenvalue weighted by atomic mass is 19.4. The zero-order chi connectivity index (χ0) is 18.1. The number of ether oxygens (including phenoxy) is 2. The number of carbonyl (C=O) groups excluding carboxylic acids is 1. The molecule has 8 heteroatoms. The van der Waals surface area contributed by atoms with Crippen molar-refractivity contribution < 1.29 is 27.4 Å². The molecule has 1 spiro atoms. The molecule has 0 radical (unpaired) electrons. The van der Waals surface area contributed by atoms with Crippen molar-refractivity contribution in [2.24, 2.45) is 0 Å². The van der Waals surface area contributed by atoms with Crippen molar-refractivity contribution in [2.75, 3.05) is 39.8 Å². The minimum absolute atomic E-state index is 0.187. The van der Waals surface area contributed by atoms with E-state index in [1.807, 2.05) is 7.05 Å². The highest BCUT2D eigenvalue weighted by molar-refractivity contribution is 5.94. The maximum Gasteiger partial charge on any atom is 0.573 e.